The SMILES string of the molecule is CCCC1CC(Nc2ccc(F)cc2)(C(N)=O)CCO1. The highest BCUT2D eigenvalue weighted by molar-refractivity contribution is 5.88. The van der Waals surface area contributed by atoms with E-state index in [2.05, 4.69) is 12.2 Å². The highest BCUT2D eigenvalue weighted by Gasteiger charge is 2.41. The van der Waals surface area contributed by atoms with Crippen molar-refractivity contribution in [2.24, 2.45) is 5.73 Å². The lowest BCUT2D eigenvalue weighted by atomic mass is 9.84. The predicted octanol–water partition coefficient (Wildman–Crippen LogP) is 2.44. The summed E-state index contributed by atoms with van der Waals surface area (Å²) >= 11 is 0. The van der Waals surface area contributed by atoms with Gasteiger partial charge in [0.05, 0.1) is 6.10 Å². The lowest BCUT2D eigenvalue weighted by Gasteiger charge is -2.39. The van der Waals surface area contributed by atoms with Gasteiger partial charge in [-0.3, -0.25) is 4.79 Å². The number of nitrogens with two attached hydrogens (primary N) is 1. The van der Waals surface area contributed by atoms with E-state index in [0.717, 1.165) is 12.8 Å². The summed E-state index contributed by atoms with van der Waals surface area (Å²) in [6.07, 6.45) is 3.01. The first kappa shape index (κ1) is 14.8. The number of hydrogen-bond donors (Lipinski definition) is 2. The van der Waals surface area contributed by atoms with Gasteiger partial charge in [0.25, 0.3) is 0 Å². The van der Waals surface area contributed by atoms with Gasteiger partial charge in [0, 0.05) is 25.1 Å². The quantitative estimate of drug-likeness (QED) is 0.870. The van der Waals surface area contributed by atoms with Crippen LogP contribution >= 0.6 is 0 Å². The normalized spacial score (nSPS) is 26.2. The van der Waals surface area contributed by atoms with E-state index in [1.54, 1.807) is 12.1 Å². The maximum Gasteiger partial charge on any atom is 0.243 e. The number of benzene rings is 1. The number of nitrogens with one attached hydrogen (secondary N) is 1. The van der Waals surface area contributed by atoms with Crippen LogP contribution in [0.4, 0.5) is 10.1 Å². The molecule has 1 amide bonds. The van der Waals surface area contributed by atoms with Crippen molar-refractivity contribution < 1.29 is 13.9 Å². The molecule has 5 heteroatoms. The van der Waals surface area contributed by atoms with Crippen LogP contribution < -0.4 is 11.1 Å². The molecule has 1 saturated heterocycles. The molecule has 1 aliphatic rings. The number of anilines is 1. The summed E-state index contributed by atoms with van der Waals surface area (Å²) in [4.78, 5) is 11.9. The van der Waals surface area contributed by atoms with Gasteiger partial charge in [-0.15, -0.1) is 0 Å². The minimum atomic E-state index is -0.810. The molecule has 2 atom stereocenters. The van der Waals surface area contributed by atoms with E-state index in [1.165, 1.54) is 12.1 Å². The van der Waals surface area contributed by atoms with Crippen molar-refractivity contribution in [1.29, 1.82) is 0 Å². The first-order chi connectivity index (χ1) is 9.55. The van der Waals surface area contributed by atoms with Crippen molar-refractivity contribution in [2.75, 3.05) is 11.9 Å². The first-order valence-corrected chi connectivity index (χ1v) is 7.01. The molecule has 0 spiro atoms. The van der Waals surface area contributed by atoms with Gasteiger partial charge in [0.1, 0.15) is 11.4 Å². The number of halogens is 1. The summed E-state index contributed by atoms with van der Waals surface area (Å²) in [6.45, 7) is 2.58. The monoisotopic (exact) mass is 280 g/mol. The van der Waals surface area contributed by atoms with E-state index < -0.39 is 5.54 Å². The Morgan fingerprint density at radius 3 is 2.80 bits per heavy atom. The van der Waals surface area contributed by atoms with Crippen LogP contribution in [0, 0.1) is 5.82 Å². The molecule has 0 aromatic heterocycles. The number of amides is 1. The number of carbonyl (C=O) groups excluding carboxylic acids is 1. The number of rotatable bonds is 5. The summed E-state index contributed by atoms with van der Waals surface area (Å²) in [6, 6.07) is 5.95. The van der Waals surface area contributed by atoms with E-state index in [0.29, 0.717) is 25.1 Å². The predicted molar refractivity (Wildman–Crippen MR) is 75.8 cm³/mol. The molecule has 3 N–H and O–H groups in total. The minimum Gasteiger partial charge on any atom is -0.378 e. The zero-order valence-electron chi connectivity index (χ0n) is 11.7. The van der Waals surface area contributed by atoms with Crippen molar-refractivity contribution in [3.05, 3.63) is 30.1 Å². The second-order valence-electron chi connectivity index (χ2n) is 5.31. The fourth-order valence-corrected chi connectivity index (χ4v) is 2.67. The standard InChI is InChI=1S/C15H21FN2O2/c1-2-3-13-10-15(14(17)19,8-9-20-13)18-12-6-4-11(16)5-7-12/h4-7,13,18H,2-3,8-10H2,1H3,(H2,17,19). The summed E-state index contributed by atoms with van der Waals surface area (Å²) in [5.74, 6) is -0.689. The highest BCUT2D eigenvalue weighted by Crippen LogP contribution is 2.30. The maximum absolute atomic E-state index is 12.9. The van der Waals surface area contributed by atoms with Gasteiger partial charge >= 0.3 is 0 Å². The average molecular weight is 280 g/mol. The van der Waals surface area contributed by atoms with Crippen LogP contribution in [0.1, 0.15) is 32.6 Å². The molecule has 2 rings (SSSR count). The summed E-state index contributed by atoms with van der Waals surface area (Å²) in [7, 11) is 0. The molecule has 0 saturated carbocycles. The Hall–Kier alpha value is -1.62. The molecule has 2 unspecified atom stereocenters. The summed E-state index contributed by atoms with van der Waals surface area (Å²) < 4.78 is 18.6. The van der Waals surface area contributed by atoms with Crippen molar-refractivity contribution in [2.45, 2.75) is 44.2 Å². The lowest BCUT2D eigenvalue weighted by Crippen LogP contribution is -2.56. The Morgan fingerprint density at radius 2 is 2.20 bits per heavy atom. The largest absolute Gasteiger partial charge is 0.378 e. The average Bonchev–Trinajstić information content (AvgIpc) is 2.42. The van der Waals surface area contributed by atoms with Crippen molar-refractivity contribution >= 4 is 11.6 Å². The van der Waals surface area contributed by atoms with Crippen LogP contribution in [-0.2, 0) is 9.53 Å². The Bertz CT molecular complexity index is 461. The fraction of sp³-hybridized carbons (Fsp3) is 0.533. The third-order valence-corrected chi connectivity index (χ3v) is 3.77. The van der Waals surface area contributed by atoms with Crippen molar-refractivity contribution in [3.8, 4) is 0 Å². The molecule has 4 nitrogen and oxygen atoms in total. The van der Waals surface area contributed by atoms with Gasteiger partial charge < -0.3 is 15.8 Å². The second kappa shape index (κ2) is 6.22. The molecule has 1 fully saturated rings. The van der Waals surface area contributed by atoms with Crippen LogP contribution in [0.2, 0.25) is 0 Å². The second-order valence-corrected chi connectivity index (χ2v) is 5.31. The molecule has 1 heterocycles. The highest BCUT2D eigenvalue weighted by atomic mass is 19.1. The van der Waals surface area contributed by atoms with Crippen LogP contribution in [0.5, 0.6) is 0 Å². The van der Waals surface area contributed by atoms with Gasteiger partial charge in [-0.05, 0) is 30.7 Å². The van der Waals surface area contributed by atoms with E-state index in [4.69, 9.17) is 10.5 Å². The molecule has 20 heavy (non-hydrogen) atoms. The van der Waals surface area contributed by atoms with Crippen LogP contribution in [0.25, 0.3) is 0 Å². The molecule has 1 aromatic carbocycles. The van der Waals surface area contributed by atoms with Crippen molar-refractivity contribution in [1.82, 2.24) is 0 Å². The van der Waals surface area contributed by atoms with Gasteiger partial charge in [-0.25, -0.2) is 4.39 Å². The van der Waals surface area contributed by atoms with Crippen molar-refractivity contribution in [3.63, 3.8) is 0 Å². The Kier molecular flexibility index (Phi) is 4.60. The third kappa shape index (κ3) is 3.28. The van der Waals surface area contributed by atoms with E-state index in [1.807, 2.05) is 0 Å². The van der Waals surface area contributed by atoms with Gasteiger partial charge in [0.15, 0.2) is 0 Å². The molecular formula is C15H21FN2O2. The number of hydrogen-bond acceptors (Lipinski definition) is 3. The van der Waals surface area contributed by atoms with Crippen LogP contribution in [0.3, 0.4) is 0 Å². The van der Waals surface area contributed by atoms with Gasteiger partial charge in [0.2, 0.25) is 5.91 Å². The van der Waals surface area contributed by atoms with Crippen LogP contribution in [-0.4, -0.2) is 24.2 Å². The molecule has 0 radical (unpaired) electrons. The molecule has 110 valence electrons. The number of ether oxygens (including phenoxy) is 1. The topological polar surface area (TPSA) is 64.3 Å². The Labute approximate surface area is 118 Å². The van der Waals surface area contributed by atoms with Gasteiger partial charge in [-0.1, -0.05) is 13.3 Å². The Morgan fingerprint density at radius 1 is 1.50 bits per heavy atom. The fourth-order valence-electron chi connectivity index (χ4n) is 2.67. The first-order valence-electron chi connectivity index (χ1n) is 7.01. The summed E-state index contributed by atoms with van der Waals surface area (Å²) in [5, 5.41) is 3.19. The third-order valence-electron chi connectivity index (χ3n) is 3.77. The molecular weight excluding hydrogens is 259 g/mol. The smallest absolute Gasteiger partial charge is 0.243 e. The Balaban J connectivity index is 2.16. The molecule has 0 bridgehead atoms. The molecule has 1 aromatic rings. The van der Waals surface area contributed by atoms with Crippen LogP contribution in [0.15, 0.2) is 24.3 Å². The number of carbonyl (C=O) groups is 1. The minimum absolute atomic E-state index is 0.0363. The van der Waals surface area contributed by atoms with E-state index >= 15 is 0 Å². The number of primary amides is 1. The summed E-state index contributed by atoms with van der Waals surface area (Å²) in [5.41, 5.74) is 5.49. The zero-order valence-corrected chi connectivity index (χ0v) is 11.7. The van der Waals surface area contributed by atoms with E-state index in [-0.39, 0.29) is 17.8 Å². The molecule has 1 aliphatic heterocycles. The zero-order chi connectivity index (χ0) is 14.6. The van der Waals surface area contributed by atoms with E-state index in [9.17, 15) is 9.18 Å². The lowest BCUT2D eigenvalue weighted by molar-refractivity contribution is -0.127. The maximum atomic E-state index is 12.9. The van der Waals surface area contributed by atoms with Gasteiger partial charge in [-0.2, -0.15) is 0 Å². The molecule has 0 aliphatic carbocycles.